The first-order valence-corrected chi connectivity index (χ1v) is 7.60. The van der Waals surface area contributed by atoms with E-state index in [4.69, 9.17) is 0 Å². The molecule has 0 unspecified atom stereocenters. The molecule has 0 saturated heterocycles. The number of hydrogen-bond donors (Lipinski definition) is 1. The molecule has 0 aromatic carbocycles. The highest BCUT2D eigenvalue weighted by molar-refractivity contribution is 9.10. The van der Waals surface area contributed by atoms with Crippen molar-refractivity contribution in [3.63, 3.8) is 0 Å². The SMILES string of the molecule is Cc1nn(CCC(=O)Nc2c(C)nn(C)c2C)c(C)c1Br. The first-order valence-electron chi connectivity index (χ1n) is 6.80. The van der Waals surface area contributed by atoms with E-state index in [1.54, 1.807) is 4.68 Å². The number of carbonyl (C=O) groups is 1. The van der Waals surface area contributed by atoms with Crippen molar-refractivity contribution in [3.05, 3.63) is 27.2 Å². The van der Waals surface area contributed by atoms with Crippen molar-refractivity contribution < 1.29 is 4.79 Å². The van der Waals surface area contributed by atoms with Gasteiger partial charge in [-0.15, -0.1) is 0 Å². The highest BCUT2D eigenvalue weighted by atomic mass is 79.9. The van der Waals surface area contributed by atoms with Crippen molar-refractivity contribution in [1.29, 1.82) is 0 Å². The first kappa shape index (κ1) is 15.8. The molecule has 1 amide bonds. The summed E-state index contributed by atoms with van der Waals surface area (Å²) in [7, 11) is 1.87. The predicted octanol–water partition coefficient (Wildman–Crippen LogP) is 2.64. The van der Waals surface area contributed by atoms with Crippen molar-refractivity contribution in [2.45, 2.75) is 40.7 Å². The zero-order valence-corrected chi connectivity index (χ0v) is 14.6. The lowest BCUT2D eigenvalue weighted by Crippen LogP contribution is -2.16. The van der Waals surface area contributed by atoms with Crippen LogP contribution in [0.25, 0.3) is 0 Å². The van der Waals surface area contributed by atoms with Gasteiger partial charge < -0.3 is 5.32 Å². The summed E-state index contributed by atoms with van der Waals surface area (Å²) in [5, 5.41) is 11.6. The van der Waals surface area contributed by atoms with Gasteiger partial charge in [-0.2, -0.15) is 10.2 Å². The van der Waals surface area contributed by atoms with Crippen molar-refractivity contribution in [2.24, 2.45) is 7.05 Å². The topological polar surface area (TPSA) is 64.7 Å². The second kappa shape index (κ2) is 6.01. The summed E-state index contributed by atoms with van der Waals surface area (Å²) in [5.41, 5.74) is 4.56. The van der Waals surface area contributed by atoms with Gasteiger partial charge in [-0.1, -0.05) is 0 Å². The molecule has 0 bridgehead atoms. The third-order valence-electron chi connectivity index (χ3n) is 3.62. The van der Waals surface area contributed by atoms with Crippen LogP contribution in [0.15, 0.2) is 4.47 Å². The maximum Gasteiger partial charge on any atom is 0.226 e. The Hall–Kier alpha value is -1.63. The van der Waals surface area contributed by atoms with Crippen molar-refractivity contribution in [2.75, 3.05) is 5.32 Å². The normalized spacial score (nSPS) is 11.0. The van der Waals surface area contributed by atoms with E-state index in [0.29, 0.717) is 13.0 Å². The third kappa shape index (κ3) is 3.18. The molecule has 6 nitrogen and oxygen atoms in total. The van der Waals surface area contributed by atoms with Gasteiger partial charge in [0.1, 0.15) is 0 Å². The van der Waals surface area contributed by atoms with Crippen LogP contribution in [0.1, 0.15) is 29.2 Å². The summed E-state index contributed by atoms with van der Waals surface area (Å²) in [6, 6.07) is 0. The Balaban J connectivity index is 2.01. The maximum absolute atomic E-state index is 12.1. The molecule has 0 aliphatic rings. The second-order valence-electron chi connectivity index (χ2n) is 5.18. The van der Waals surface area contributed by atoms with Crippen LogP contribution in [-0.2, 0) is 18.4 Å². The number of aromatic nitrogens is 4. The fraction of sp³-hybridized carbons (Fsp3) is 0.500. The number of halogens is 1. The summed E-state index contributed by atoms with van der Waals surface area (Å²) in [4.78, 5) is 12.1. The summed E-state index contributed by atoms with van der Waals surface area (Å²) in [5.74, 6) is -0.0297. The lowest BCUT2D eigenvalue weighted by molar-refractivity contribution is -0.116. The quantitative estimate of drug-likeness (QED) is 0.918. The van der Waals surface area contributed by atoms with Crippen LogP contribution in [0.3, 0.4) is 0 Å². The molecule has 2 heterocycles. The number of carbonyl (C=O) groups excluding carboxylic acids is 1. The van der Waals surface area contributed by atoms with Crippen LogP contribution < -0.4 is 5.32 Å². The number of anilines is 1. The van der Waals surface area contributed by atoms with E-state index in [9.17, 15) is 4.79 Å². The Labute approximate surface area is 132 Å². The average Bonchev–Trinajstić information content (AvgIpc) is 2.81. The van der Waals surface area contributed by atoms with Crippen LogP contribution in [0, 0.1) is 27.7 Å². The smallest absolute Gasteiger partial charge is 0.226 e. The van der Waals surface area contributed by atoms with E-state index in [0.717, 1.165) is 32.9 Å². The van der Waals surface area contributed by atoms with Gasteiger partial charge in [0.15, 0.2) is 0 Å². The fourth-order valence-corrected chi connectivity index (χ4v) is 2.54. The summed E-state index contributed by atoms with van der Waals surface area (Å²) in [6.07, 6.45) is 0.377. The average molecular weight is 354 g/mol. The molecule has 0 aliphatic heterocycles. The Morgan fingerprint density at radius 1 is 1.14 bits per heavy atom. The number of nitrogens with one attached hydrogen (secondary N) is 1. The summed E-state index contributed by atoms with van der Waals surface area (Å²) >= 11 is 3.49. The molecule has 2 aromatic rings. The van der Waals surface area contributed by atoms with E-state index in [1.807, 2.05) is 39.4 Å². The minimum atomic E-state index is -0.0297. The maximum atomic E-state index is 12.1. The fourth-order valence-electron chi connectivity index (χ4n) is 2.26. The number of aryl methyl sites for hydroxylation is 4. The van der Waals surface area contributed by atoms with E-state index in [2.05, 4.69) is 31.4 Å². The van der Waals surface area contributed by atoms with Crippen LogP contribution in [0.5, 0.6) is 0 Å². The summed E-state index contributed by atoms with van der Waals surface area (Å²) < 4.78 is 4.62. The van der Waals surface area contributed by atoms with Gasteiger partial charge in [0.2, 0.25) is 5.91 Å². The van der Waals surface area contributed by atoms with Gasteiger partial charge in [0, 0.05) is 19.2 Å². The van der Waals surface area contributed by atoms with Gasteiger partial charge in [-0.3, -0.25) is 14.2 Å². The molecule has 7 heteroatoms. The molecule has 2 aromatic heterocycles. The molecule has 0 aliphatic carbocycles. The third-order valence-corrected chi connectivity index (χ3v) is 4.76. The van der Waals surface area contributed by atoms with Crippen LogP contribution >= 0.6 is 15.9 Å². The number of nitrogens with zero attached hydrogens (tertiary/aromatic N) is 4. The molecule has 2 rings (SSSR count). The van der Waals surface area contributed by atoms with Gasteiger partial charge in [0.05, 0.1) is 33.8 Å². The van der Waals surface area contributed by atoms with Gasteiger partial charge >= 0.3 is 0 Å². The number of hydrogen-bond acceptors (Lipinski definition) is 3. The lowest BCUT2D eigenvalue weighted by Gasteiger charge is -2.07. The molecule has 0 atom stereocenters. The van der Waals surface area contributed by atoms with Crippen molar-refractivity contribution in [3.8, 4) is 0 Å². The summed E-state index contributed by atoms with van der Waals surface area (Å²) in [6.45, 7) is 8.31. The molecule has 21 heavy (non-hydrogen) atoms. The highest BCUT2D eigenvalue weighted by Crippen LogP contribution is 2.21. The molecule has 1 N–H and O–H groups in total. The molecule has 0 spiro atoms. The van der Waals surface area contributed by atoms with Crippen molar-refractivity contribution >= 4 is 27.5 Å². The zero-order chi connectivity index (χ0) is 15.7. The predicted molar refractivity (Wildman–Crippen MR) is 85.3 cm³/mol. The van der Waals surface area contributed by atoms with Crippen LogP contribution in [-0.4, -0.2) is 25.5 Å². The Kier molecular flexibility index (Phi) is 4.51. The first-order chi connectivity index (χ1) is 9.81. The highest BCUT2D eigenvalue weighted by Gasteiger charge is 2.14. The lowest BCUT2D eigenvalue weighted by atomic mass is 10.3. The minimum Gasteiger partial charge on any atom is -0.323 e. The second-order valence-corrected chi connectivity index (χ2v) is 5.97. The van der Waals surface area contributed by atoms with Gasteiger partial charge in [-0.05, 0) is 43.6 Å². The molecule has 0 fully saturated rings. The zero-order valence-electron chi connectivity index (χ0n) is 13.0. The van der Waals surface area contributed by atoms with E-state index < -0.39 is 0 Å². The molecule has 0 saturated carbocycles. The molecule has 0 radical (unpaired) electrons. The van der Waals surface area contributed by atoms with Crippen LogP contribution in [0.4, 0.5) is 5.69 Å². The Morgan fingerprint density at radius 2 is 1.81 bits per heavy atom. The standard InChI is InChI=1S/C14H20BrN5O/c1-8-13(15)10(3)20(18-8)7-6-12(21)16-14-9(2)17-19(5)11(14)4/h6-7H2,1-5H3,(H,16,21). The molecular formula is C14H20BrN5O. The largest absolute Gasteiger partial charge is 0.323 e. The Bertz CT molecular complexity index is 686. The van der Waals surface area contributed by atoms with E-state index >= 15 is 0 Å². The van der Waals surface area contributed by atoms with Gasteiger partial charge in [-0.25, -0.2) is 0 Å². The monoisotopic (exact) mass is 353 g/mol. The van der Waals surface area contributed by atoms with E-state index in [1.165, 1.54) is 0 Å². The van der Waals surface area contributed by atoms with Gasteiger partial charge in [0.25, 0.3) is 0 Å². The molecular weight excluding hydrogens is 334 g/mol. The van der Waals surface area contributed by atoms with E-state index in [-0.39, 0.29) is 5.91 Å². The minimum absolute atomic E-state index is 0.0297. The van der Waals surface area contributed by atoms with Crippen LogP contribution in [0.2, 0.25) is 0 Å². The van der Waals surface area contributed by atoms with Crippen molar-refractivity contribution in [1.82, 2.24) is 19.6 Å². The Morgan fingerprint density at radius 3 is 2.29 bits per heavy atom. The number of rotatable bonds is 4. The number of amides is 1. The molecule has 114 valence electrons.